The molecule has 1 aliphatic heterocycles. The second-order valence-electron chi connectivity index (χ2n) is 6.30. The Kier molecular flexibility index (Phi) is 4.55. The molecule has 0 aliphatic carbocycles. The summed E-state index contributed by atoms with van der Waals surface area (Å²) < 4.78 is 0. The van der Waals surface area contributed by atoms with Crippen LogP contribution in [0.25, 0.3) is 0 Å². The monoisotopic (exact) mass is 241 g/mol. The first-order valence-electron chi connectivity index (χ1n) is 6.52. The third kappa shape index (κ3) is 3.68. The Morgan fingerprint density at radius 1 is 1.12 bits per heavy atom. The van der Waals surface area contributed by atoms with Crippen molar-refractivity contribution in [3.05, 3.63) is 0 Å². The molecule has 0 spiro atoms. The van der Waals surface area contributed by atoms with Crippen LogP contribution in [-0.2, 0) is 4.79 Å². The highest BCUT2D eigenvalue weighted by Crippen LogP contribution is 2.19. The van der Waals surface area contributed by atoms with E-state index in [0.29, 0.717) is 6.04 Å². The van der Waals surface area contributed by atoms with Crippen molar-refractivity contribution >= 4 is 5.91 Å². The molecule has 4 heteroatoms. The maximum atomic E-state index is 12.2. The zero-order chi connectivity index (χ0) is 13.2. The number of rotatable bonds is 2. The summed E-state index contributed by atoms with van der Waals surface area (Å²) in [6, 6.07) is 0.164. The lowest BCUT2D eigenvalue weighted by Gasteiger charge is -2.39. The van der Waals surface area contributed by atoms with Crippen molar-refractivity contribution in [2.75, 3.05) is 26.2 Å². The highest BCUT2D eigenvalue weighted by Gasteiger charge is 2.32. The van der Waals surface area contributed by atoms with E-state index in [9.17, 15) is 4.79 Å². The summed E-state index contributed by atoms with van der Waals surface area (Å²) in [5.41, 5.74) is 5.85. The molecule has 100 valence electrons. The van der Waals surface area contributed by atoms with Gasteiger partial charge in [-0.05, 0) is 19.3 Å². The summed E-state index contributed by atoms with van der Waals surface area (Å²) >= 11 is 0. The average Bonchev–Trinajstić information content (AvgIpc) is 2.26. The molecule has 1 fully saturated rings. The normalized spacial score (nSPS) is 20.8. The minimum Gasteiger partial charge on any atom is -0.339 e. The summed E-state index contributed by atoms with van der Waals surface area (Å²) in [5.74, 6) is 0.0981. The number of piperazine rings is 1. The van der Waals surface area contributed by atoms with E-state index >= 15 is 0 Å². The van der Waals surface area contributed by atoms with Crippen LogP contribution in [-0.4, -0.2) is 54.0 Å². The lowest BCUT2D eigenvalue weighted by atomic mass is 9.86. The Hall–Kier alpha value is -0.610. The molecule has 17 heavy (non-hydrogen) atoms. The Morgan fingerprint density at radius 2 is 1.59 bits per heavy atom. The van der Waals surface area contributed by atoms with Crippen LogP contribution in [0, 0.1) is 5.41 Å². The van der Waals surface area contributed by atoms with Gasteiger partial charge in [0.05, 0.1) is 6.04 Å². The first-order chi connectivity index (χ1) is 7.73. The van der Waals surface area contributed by atoms with Gasteiger partial charge in [-0.2, -0.15) is 0 Å². The molecule has 0 aromatic carbocycles. The lowest BCUT2D eigenvalue weighted by molar-refractivity contribution is -0.137. The number of carbonyl (C=O) groups excluding carboxylic acids is 1. The van der Waals surface area contributed by atoms with E-state index in [1.807, 2.05) is 25.7 Å². The van der Waals surface area contributed by atoms with Crippen molar-refractivity contribution < 1.29 is 4.79 Å². The number of hydrogen-bond acceptors (Lipinski definition) is 3. The van der Waals surface area contributed by atoms with Crippen LogP contribution in [0.4, 0.5) is 0 Å². The number of amides is 1. The molecule has 0 radical (unpaired) electrons. The van der Waals surface area contributed by atoms with Crippen molar-refractivity contribution in [2.24, 2.45) is 11.1 Å². The molecule has 1 rings (SSSR count). The summed E-state index contributed by atoms with van der Waals surface area (Å²) in [7, 11) is 0. The van der Waals surface area contributed by atoms with Crippen LogP contribution in [0.1, 0.15) is 34.6 Å². The van der Waals surface area contributed by atoms with Crippen molar-refractivity contribution in [2.45, 2.75) is 46.7 Å². The van der Waals surface area contributed by atoms with E-state index < -0.39 is 6.04 Å². The average molecular weight is 241 g/mol. The van der Waals surface area contributed by atoms with Crippen molar-refractivity contribution in [3.8, 4) is 0 Å². The molecule has 0 bridgehead atoms. The van der Waals surface area contributed by atoms with E-state index in [1.54, 1.807) is 0 Å². The maximum Gasteiger partial charge on any atom is 0.240 e. The minimum atomic E-state index is -0.395. The van der Waals surface area contributed by atoms with Gasteiger partial charge >= 0.3 is 0 Å². The lowest BCUT2D eigenvalue weighted by Crippen LogP contribution is -2.57. The van der Waals surface area contributed by atoms with Crippen LogP contribution in [0.3, 0.4) is 0 Å². The predicted octanol–water partition coefficient (Wildman–Crippen LogP) is 0.912. The molecular weight excluding hydrogens is 214 g/mol. The zero-order valence-electron chi connectivity index (χ0n) is 11.9. The quantitative estimate of drug-likeness (QED) is 0.782. The van der Waals surface area contributed by atoms with Crippen LogP contribution in [0.5, 0.6) is 0 Å². The number of carbonyl (C=O) groups is 1. The fourth-order valence-electron chi connectivity index (χ4n) is 2.03. The smallest absolute Gasteiger partial charge is 0.240 e. The molecule has 0 aromatic rings. The molecule has 1 atom stereocenters. The number of nitrogens with zero attached hydrogens (tertiary/aromatic N) is 2. The van der Waals surface area contributed by atoms with Gasteiger partial charge in [0.15, 0.2) is 0 Å². The van der Waals surface area contributed by atoms with Gasteiger partial charge in [-0.3, -0.25) is 9.69 Å². The third-order valence-electron chi connectivity index (χ3n) is 3.56. The standard InChI is InChI=1S/C13H27N3O/c1-10(2)15-6-8-16(9-7-15)12(17)11(14)13(3,4)5/h10-11H,6-9,14H2,1-5H3. The molecule has 0 saturated carbocycles. The van der Waals surface area contributed by atoms with Crippen molar-refractivity contribution in [3.63, 3.8) is 0 Å². The van der Waals surface area contributed by atoms with Gasteiger partial charge < -0.3 is 10.6 Å². The minimum absolute atomic E-state index is 0.0981. The van der Waals surface area contributed by atoms with E-state index in [1.165, 1.54) is 0 Å². The highest BCUT2D eigenvalue weighted by molar-refractivity contribution is 5.82. The molecule has 1 saturated heterocycles. The first-order valence-corrected chi connectivity index (χ1v) is 6.52. The van der Waals surface area contributed by atoms with Gasteiger partial charge in [-0.1, -0.05) is 20.8 Å². The van der Waals surface area contributed by atoms with E-state index in [4.69, 9.17) is 5.73 Å². The molecule has 1 unspecified atom stereocenters. The van der Waals surface area contributed by atoms with Gasteiger partial charge in [-0.25, -0.2) is 0 Å². The molecule has 2 N–H and O–H groups in total. The molecule has 4 nitrogen and oxygen atoms in total. The first kappa shape index (κ1) is 14.5. The molecular formula is C13H27N3O. The number of hydrogen-bond donors (Lipinski definition) is 1. The van der Waals surface area contributed by atoms with Crippen molar-refractivity contribution in [1.82, 2.24) is 9.80 Å². The summed E-state index contributed by atoms with van der Waals surface area (Å²) in [4.78, 5) is 16.5. The molecule has 0 aromatic heterocycles. The Balaban J connectivity index is 2.52. The molecule has 1 amide bonds. The van der Waals surface area contributed by atoms with E-state index in [2.05, 4.69) is 18.7 Å². The fraction of sp³-hybridized carbons (Fsp3) is 0.923. The van der Waals surface area contributed by atoms with Crippen LogP contribution in [0.15, 0.2) is 0 Å². The molecule has 1 heterocycles. The maximum absolute atomic E-state index is 12.2. The van der Waals surface area contributed by atoms with Crippen LogP contribution >= 0.6 is 0 Å². The van der Waals surface area contributed by atoms with Crippen LogP contribution in [0.2, 0.25) is 0 Å². The SMILES string of the molecule is CC(C)N1CCN(C(=O)C(N)C(C)(C)C)CC1. The predicted molar refractivity (Wildman–Crippen MR) is 70.7 cm³/mol. The van der Waals surface area contributed by atoms with E-state index in [-0.39, 0.29) is 11.3 Å². The summed E-state index contributed by atoms with van der Waals surface area (Å²) in [6.45, 7) is 14.0. The van der Waals surface area contributed by atoms with Gasteiger partial charge in [-0.15, -0.1) is 0 Å². The zero-order valence-corrected chi connectivity index (χ0v) is 11.9. The third-order valence-corrected chi connectivity index (χ3v) is 3.56. The van der Waals surface area contributed by atoms with Gasteiger partial charge in [0.25, 0.3) is 0 Å². The van der Waals surface area contributed by atoms with Gasteiger partial charge in [0, 0.05) is 32.2 Å². The number of nitrogens with two attached hydrogens (primary N) is 1. The Bertz CT molecular complexity index is 262. The van der Waals surface area contributed by atoms with Crippen molar-refractivity contribution in [1.29, 1.82) is 0 Å². The van der Waals surface area contributed by atoms with Gasteiger partial charge in [0.2, 0.25) is 5.91 Å². The topological polar surface area (TPSA) is 49.6 Å². The highest BCUT2D eigenvalue weighted by atomic mass is 16.2. The second-order valence-corrected chi connectivity index (χ2v) is 6.30. The Labute approximate surface area is 105 Å². The van der Waals surface area contributed by atoms with Crippen LogP contribution < -0.4 is 5.73 Å². The molecule has 1 aliphatic rings. The fourth-order valence-corrected chi connectivity index (χ4v) is 2.03. The van der Waals surface area contributed by atoms with E-state index in [0.717, 1.165) is 26.2 Å². The summed E-state index contributed by atoms with van der Waals surface area (Å²) in [5, 5.41) is 0. The summed E-state index contributed by atoms with van der Waals surface area (Å²) in [6.07, 6.45) is 0. The second kappa shape index (κ2) is 5.36. The Morgan fingerprint density at radius 3 is 1.94 bits per heavy atom. The van der Waals surface area contributed by atoms with Gasteiger partial charge in [0.1, 0.15) is 0 Å². The largest absolute Gasteiger partial charge is 0.339 e.